The number of pyridine rings is 1. The second kappa shape index (κ2) is 9.65. The predicted molar refractivity (Wildman–Crippen MR) is 120 cm³/mol. The van der Waals surface area contributed by atoms with Crippen LogP contribution in [0.15, 0.2) is 53.8 Å². The van der Waals surface area contributed by atoms with Gasteiger partial charge in [-0.05, 0) is 41.9 Å². The van der Waals surface area contributed by atoms with Gasteiger partial charge in [0.2, 0.25) is 0 Å². The van der Waals surface area contributed by atoms with Crippen LogP contribution in [0.2, 0.25) is 0 Å². The molecule has 0 fully saturated rings. The molecule has 2 aromatic heterocycles. The van der Waals surface area contributed by atoms with E-state index in [4.69, 9.17) is 0 Å². The van der Waals surface area contributed by atoms with Gasteiger partial charge < -0.3 is 5.32 Å². The van der Waals surface area contributed by atoms with Crippen molar-refractivity contribution in [3.63, 3.8) is 0 Å². The van der Waals surface area contributed by atoms with Gasteiger partial charge in [-0.3, -0.25) is 9.78 Å². The molecule has 0 aliphatic rings. The molecular formula is C23H26N4OS. The number of thioether (sulfide) groups is 1. The van der Waals surface area contributed by atoms with Crippen molar-refractivity contribution in [2.24, 2.45) is 0 Å². The fourth-order valence-electron chi connectivity index (χ4n) is 3.10. The highest BCUT2D eigenvalue weighted by Crippen LogP contribution is 2.29. The number of hydrogen-bond acceptors (Lipinski definition) is 6. The van der Waals surface area contributed by atoms with E-state index in [-0.39, 0.29) is 5.78 Å². The van der Waals surface area contributed by atoms with E-state index < -0.39 is 0 Å². The Morgan fingerprint density at radius 3 is 2.48 bits per heavy atom. The molecule has 0 unspecified atom stereocenters. The van der Waals surface area contributed by atoms with Crippen LogP contribution in [-0.4, -0.2) is 34.0 Å². The first kappa shape index (κ1) is 21.0. The molecule has 6 heteroatoms. The minimum absolute atomic E-state index is 0.0457. The van der Waals surface area contributed by atoms with Crippen molar-refractivity contribution in [2.75, 3.05) is 18.6 Å². The van der Waals surface area contributed by atoms with Crippen molar-refractivity contribution in [1.29, 1.82) is 0 Å². The third-order valence-corrected chi connectivity index (χ3v) is 5.47. The number of anilines is 1. The lowest BCUT2D eigenvalue weighted by molar-refractivity contribution is 0.0980. The zero-order valence-corrected chi connectivity index (χ0v) is 18.1. The number of aromatic nitrogens is 3. The van der Waals surface area contributed by atoms with E-state index in [0.717, 1.165) is 11.1 Å². The Morgan fingerprint density at radius 2 is 1.90 bits per heavy atom. The standard InChI is InChI=1S/C23H26N4OS/c1-15(2)17-10-7-16(8-11-17)9-12-19(28)20-22(24-3)26-21(27-23(20)29-4)18-6-5-13-25-14-18/h5-8,10-11,13-15H,9,12H2,1-4H3,(H,24,26,27). The molecule has 0 saturated carbocycles. The zero-order valence-electron chi connectivity index (χ0n) is 17.3. The number of ketones is 1. The van der Waals surface area contributed by atoms with Crippen LogP contribution in [0.5, 0.6) is 0 Å². The molecule has 2 heterocycles. The van der Waals surface area contributed by atoms with Crippen LogP contribution in [0, 0.1) is 0 Å². The molecule has 0 atom stereocenters. The molecular weight excluding hydrogens is 380 g/mol. The maximum Gasteiger partial charge on any atom is 0.169 e. The average Bonchev–Trinajstić information content (AvgIpc) is 2.77. The summed E-state index contributed by atoms with van der Waals surface area (Å²) in [4.78, 5) is 26.4. The van der Waals surface area contributed by atoms with Gasteiger partial charge in [-0.2, -0.15) is 0 Å². The van der Waals surface area contributed by atoms with Crippen LogP contribution in [0.3, 0.4) is 0 Å². The van der Waals surface area contributed by atoms with Gasteiger partial charge in [0.1, 0.15) is 10.8 Å². The zero-order chi connectivity index (χ0) is 20.8. The lowest BCUT2D eigenvalue weighted by Crippen LogP contribution is -2.11. The van der Waals surface area contributed by atoms with Crippen molar-refractivity contribution >= 4 is 23.4 Å². The molecule has 29 heavy (non-hydrogen) atoms. The van der Waals surface area contributed by atoms with Gasteiger partial charge in [0.15, 0.2) is 11.6 Å². The van der Waals surface area contributed by atoms with Gasteiger partial charge in [-0.1, -0.05) is 38.1 Å². The van der Waals surface area contributed by atoms with Crippen molar-refractivity contribution < 1.29 is 4.79 Å². The Morgan fingerprint density at radius 1 is 1.14 bits per heavy atom. The summed E-state index contributed by atoms with van der Waals surface area (Å²) in [5, 5.41) is 3.76. The molecule has 0 aliphatic heterocycles. The van der Waals surface area contributed by atoms with Gasteiger partial charge in [0.25, 0.3) is 0 Å². The van der Waals surface area contributed by atoms with Crippen LogP contribution in [0.1, 0.15) is 47.7 Å². The molecule has 1 aromatic carbocycles. The Balaban J connectivity index is 1.83. The Bertz CT molecular complexity index is 947. The number of nitrogens with zero attached hydrogens (tertiary/aromatic N) is 3. The highest BCUT2D eigenvalue weighted by molar-refractivity contribution is 7.98. The van der Waals surface area contributed by atoms with Gasteiger partial charge in [0.05, 0.1) is 5.56 Å². The van der Waals surface area contributed by atoms with Crippen molar-refractivity contribution in [1.82, 2.24) is 15.0 Å². The number of benzene rings is 1. The Hall–Kier alpha value is -2.73. The highest BCUT2D eigenvalue weighted by atomic mass is 32.2. The number of carbonyl (C=O) groups excluding carboxylic acids is 1. The quantitative estimate of drug-likeness (QED) is 0.313. The van der Waals surface area contributed by atoms with E-state index >= 15 is 0 Å². The molecule has 0 aliphatic carbocycles. The summed E-state index contributed by atoms with van der Waals surface area (Å²) >= 11 is 1.46. The van der Waals surface area contributed by atoms with E-state index in [2.05, 4.69) is 58.4 Å². The van der Waals surface area contributed by atoms with Crippen molar-refractivity contribution in [3.05, 3.63) is 65.5 Å². The van der Waals surface area contributed by atoms with Crippen LogP contribution in [0.4, 0.5) is 5.82 Å². The Kier molecular flexibility index (Phi) is 6.99. The van der Waals surface area contributed by atoms with Crippen LogP contribution < -0.4 is 5.32 Å². The van der Waals surface area contributed by atoms with E-state index in [1.54, 1.807) is 19.4 Å². The largest absolute Gasteiger partial charge is 0.372 e. The fourth-order valence-corrected chi connectivity index (χ4v) is 3.69. The fraction of sp³-hybridized carbons (Fsp3) is 0.304. The summed E-state index contributed by atoms with van der Waals surface area (Å²) in [7, 11) is 1.78. The molecule has 3 aromatic rings. The van der Waals surface area contributed by atoms with Crippen molar-refractivity contribution in [3.8, 4) is 11.4 Å². The minimum Gasteiger partial charge on any atom is -0.372 e. The van der Waals surface area contributed by atoms with Crippen LogP contribution in [-0.2, 0) is 6.42 Å². The number of hydrogen-bond donors (Lipinski definition) is 1. The molecule has 3 rings (SSSR count). The topological polar surface area (TPSA) is 67.8 Å². The summed E-state index contributed by atoms with van der Waals surface area (Å²) in [6, 6.07) is 12.3. The first-order valence-corrected chi connectivity index (χ1v) is 10.9. The molecule has 150 valence electrons. The smallest absolute Gasteiger partial charge is 0.169 e. The highest BCUT2D eigenvalue weighted by Gasteiger charge is 2.20. The van der Waals surface area contributed by atoms with Crippen molar-refractivity contribution in [2.45, 2.75) is 37.6 Å². The van der Waals surface area contributed by atoms with E-state index in [9.17, 15) is 4.79 Å². The summed E-state index contributed by atoms with van der Waals surface area (Å²) in [6.07, 6.45) is 6.47. The maximum absolute atomic E-state index is 13.1. The summed E-state index contributed by atoms with van der Waals surface area (Å²) in [5.41, 5.74) is 3.85. The lowest BCUT2D eigenvalue weighted by atomic mass is 9.99. The Labute approximate surface area is 176 Å². The predicted octanol–water partition coefficient (Wildman–Crippen LogP) is 5.24. The first-order valence-electron chi connectivity index (χ1n) is 9.69. The van der Waals surface area contributed by atoms with E-state index in [0.29, 0.717) is 41.0 Å². The monoisotopic (exact) mass is 406 g/mol. The average molecular weight is 407 g/mol. The number of nitrogens with one attached hydrogen (secondary N) is 1. The van der Waals surface area contributed by atoms with Crippen LogP contribution in [0.25, 0.3) is 11.4 Å². The molecule has 0 radical (unpaired) electrons. The SMILES string of the molecule is CNc1nc(-c2cccnc2)nc(SC)c1C(=O)CCc1ccc(C(C)C)cc1. The molecule has 0 amide bonds. The number of Topliss-reactive ketones (excluding diaryl/α,β-unsaturated/α-hetero) is 1. The molecule has 0 spiro atoms. The number of carbonyl (C=O) groups is 1. The van der Waals surface area contributed by atoms with Gasteiger partial charge in [-0.15, -0.1) is 11.8 Å². The third-order valence-electron chi connectivity index (χ3n) is 4.79. The normalized spacial score (nSPS) is 10.9. The molecule has 0 bridgehead atoms. The van der Waals surface area contributed by atoms with Gasteiger partial charge in [-0.25, -0.2) is 9.97 Å². The van der Waals surface area contributed by atoms with Crippen LogP contribution >= 0.6 is 11.8 Å². The second-order valence-corrected chi connectivity index (χ2v) is 7.89. The number of rotatable bonds is 8. The second-order valence-electron chi connectivity index (χ2n) is 7.09. The van der Waals surface area contributed by atoms with E-state index in [1.807, 2.05) is 18.4 Å². The summed E-state index contributed by atoms with van der Waals surface area (Å²) in [6.45, 7) is 4.36. The lowest BCUT2D eigenvalue weighted by Gasteiger charge is -2.13. The maximum atomic E-state index is 13.1. The molecule has 0 saturated heterocycles. The first-order chi connectivity index (χ1) is 14.0. The summed E-state index contributed by atoms with van der Waals surface area (Å²) in [5.74, 6) is 1.67. The third kappa shape index (κ3) is 5.01. The minimum atomic E-state index is 0.0457. The van der Waals surface area contributed by atoms with Gasteiger partial charge >= 0.3 is 0 Å². The van der Waals surface area contributed by atoms with E-state index in [1.165, 1.54) is 17.3 Å². The van der Waals surface area contributed by atoms with Gasteiger partial charge in [0, 0.05) is 31.4 Å². The molecule has 1 N–H and O–H groups in total. The number of aryl methyl sites for hydroxylation is 1. The summed E-state index contributed by atoms with van der Waals surface area (Å²) < 4.78 is 0. The molecule has 5 nitrogen and oxygen atoms in total.